The van der Waals surface area contributed by atoms with Gasteiger partial charge in [0.25, 0.3) is 5.91 Å². The van der Waals surface area contributed by atoms with Crippen molar-refractivity contribution in [3.8, 4) is 11.4 Å². The van der Waals surface area contributed by atoms with E-state index in [2.05, 4.69) is 26.0 Å². The zero-order valence-electron chi connectivity index (χ0n) is 16.9. The fraction of sp³-hybridized carbons (Fsp3) is 0.318. The Balaban J connectivity index is 1.46. The molecular weight excluding hydrogens is 399 g/mol. The quantitative estimate of drug-likeness (QED) is 0.635. The number of anilines is 1. The van der Waals surface area contributed by atoms with E-state index >= 15 is 0 Å². The number of rotatable bonds is 6. The molecule has 2 N–H and O–H groups in total. The summed E-state index contributed by atoms with van der Waals surface area (Å²) >= 11 is 0. The number of nitrogens with zero attached hydrogens (tertiary/aromatic N) is 4. The minimum absolute atomic E-state index is 0.0345. The second kappa shape index (κ2) is 9.46. The molecule has 31 heavy (non-hydrogen) atoms. The van der Waals surface area contributed by atoms with Crippen molar-refractivity contribution in [2.75, 3.05) is 5.32 Å². The van der Waals surface area contributed by atoms with Crippen LogP contribution in [-0.4, -0.2) is 38.1 Å². The maximum absolute atomic E-state index is 13.9. The van der Waals surface area contributed by atoms with Crippen LogP contribution in [0.2, 0.25) is 0 Å². The van der Waals surface area contributed by atoms with E-state index < -0.39 is 11.7 Å². The molecule has 1 aliphatic rings. The lowest BCUT2D eigenvalue weighted by molar-refractivity contribution is -0.123. The van der Waals surface area contributed by atoms with Crippen LogP contribution in [0.25, 0.3) is 11.4 Å². The van der Waals surface area contributed by atoms with Gasteiger partial charge in [-0.05, 0) is 42.3 Å². The zero-order valence-corrected chi connectivity index (χ0v) is 16.9. The number of tetrazole rings is 1. The highest BCUT2D eigenvalue weighted by molar-refractivity contribution is 6.06. The first-order chi connectivity index (χ1) is 15.1. The van der Waals surface area contributed by atoms with E-state index in [1.54, 1.807) is 30.3 Å². The Morgan fingerprint density at radius 1 is 1.03 bits per heavy atom. The van der Waals surface area contributed by atoms with Crippen molar-refractivity contribution < 1.29 is 14.0 Å². The Morgan fingerprint density at radius 3 is 2.58 bits per heavy atom. The van der Waals surface area contributed by atoms with E-state index in [9.17, 15) is 14.0 Å². The summed E-state index contributed by atoms with van der Waals surface area (Å²) in [6.07, 6.45) is 5.47. The number of para-hydroxylation sites is 1. The van der Waals surface area contributed by atoms with Gasteiger partial charge in [-0.15, -0.1) is 10.2 Å². The third kappa shape index (κ3) is 5.11. The summed E-state index contributed by atoms with van der Waals surface area (Å²) in [7, 11) is 0. The number of benzene rings is 2. The van der Waals surface area contributed by atoms with Crippen LogP contribution in [0, 0.1) is 5.82 Å². The molecule has 1 aromatic heterocycles. The molecule has 0 atom stereocenters. The zero-order chi connectivity index (χ0) is 21.6. The minimum Gasteiger partial charge on any atom is -0.352 e. The first-order valence-electron chi connectivity index (χ1n) is 10.3. The number of hydrogen-bond donors (Lipinski definition) is 2. The Labute approximate surface area is 178 Å². The molecule has 1 saturated carbocycles. The molecular formula is C22H23FN6O2. The topological polar surface area (TPSA) is 102 Å². The van der Waals surface area contributed by atoms with E-state index in [0.29, 0.717) is 11.3 Å². The van der Waals surface area contributed by atoms with Crippen molar-refractivity contribution in [1.29, 1.82) is 0 Å². The van der Waals surface area contributed by atoms with E-state index in [1.807, 2.05) is 0 Å². The van der Waals surface area contributed by atoms with Crippen LogP contribution in [0.1, 0.15) is 42.5 Å². The predicted octanol–water partition coefficient (Wildman–Crippen LogP) is 3.18. The molecule has 0 bridgehead atoms. The Bertz CT molecular complexity index is 1080. The first kappa shape index (κ1) is 20.6. The van der Waals surface area contributed by atoms with Gasteiger partial charge >= 0.3 is 0 Å². The highest BCUT2D eigenvalue weighted by atomic mass is 19.1. The van der Waals surface area contributed by atoms with Gasteiger partial charge in [0.05, 0.1) is 11.3 Å². The fourth-order valence-electron chi connectivity index (χ4n) is 3.69. The molecule has 0 saturated heterocycles. The van der Waals surface area contributed by atoms with Gasteiger partial charge in [-0.25, -0.2) is 4.39 Å². The summed E-state index contributed by atoms with van der Waals surface area (Å²) in [6.45, 7) is -0.0345. The van der Waals surface area contributed by atoms with Gasteiger partial charge in [-0.2, -0.15) is 4.80 Å². The van der Waals surface area contributed by atoms with E-state index in [1.165, 1.54) is 29.4 Å². The van der Waals surface area contributed by atoms with Crippen molar-refractivity contribution in [3.63, 3.8) is 0 Å². The normalized spacial score (nSPS) is 14.2. The highest BCUT2D eigenvalue weighted by Gasteiger charge is 2.18. The van der Waals surface area contributed by atoms with Crippen LogP contribution in [0.3, 0.4) is 0 Å². The standard InChI is InChI=1S/C22H23FN6O2/c23-18-12-6-4-10-16(18)22(31)25-19-13-7-5-11-17(19)21-26-28-29(27-21)14-20(30)24-15-8-2-1-3-9-15/h4-7,10-13,15H,1-3,8-9,14H2,(H,24,30)(H,25,31). The smallest absolute Gasteiger partial charge is 0.258 e. The van der Waals surface area contributed by atoms with Gasteiger partial charge in [0.1, 0.15) is 12.4 Å². The molecule has 1 fully saturated rings. The van der Waals surface area contributed by atoms with Crippen LogP contribution >= 0.6 is 0 Å². The largest absolute Gasteiger partial charge is 0.352 e. The van der Waals surface area contributed by atoms with Gasteiger partial charge in [0.15, 0.2) is 0 Å². The van der Waals surface area contributed by atoms with Gasteiger partial charge < -0.3 is 10.6 Å². The van der Waals surface area contributed by atoms with Crippen LogP contribution in [0.15, 0.2) is 48.5 Å². The Hall–Kier alpha value is -3.62. The maximum atomic E-state index is 13.9. The van der Waals surface area contributed by atoms with Gasteiger partial charge in [0.2, 0.25) is 11.7 Å². The molecule has 0 radical (unpaired) electrons. The lowest BCUT2D eigenvalue weighted by atomic mass is 9.95. The van der Waals surface area contributed by atoms with Crippen molar-refractivity contribution >= 4 is 17.5 Å². The lowest BCUT2D eigenvalue weighted by Crippen LogP contribution is -2.38. The molecule has 9 heteroatoms. The molecule has 0 aliphatic heterocycles. The first-order valence-corrected chi connectivity index (χ1v) is 10.3. The molecule has 1 aliphatic carbocycles. The summed E-state index contributed by atoms with van der Waals surface area (Å²) in [5.41, 5.74) is 0.876. The molecule has 0 unspecified atom stereocenters. The summed E-state index contributed by atoms with van der Waals surface area (Å²) in [4.78, 5) is 26.0. The van der Waals surface area contributed by atoms with Gasteiger partial charge in [0, 0.05) is 11.6 Å². The van der Waals surface area contributed by atoms with E-state index in [4.69, 9.17) is 0 Å². The van der Waals surface area contributed by atoms with Crippen molar-refractivity contribution in [1.82, 2.24) is 25.5 Å². The van der Waals surface area contributed by atoms with Crippen LogP contribution < -0.4 is 10.6 Å². The number of carbonyl (C=O) groups is 2. The number of aromatic nitrogens is 4. The van der Waals surface area contributed by atoms with Crippen molar-refractivity contribution in [2.45, 2.75) is 44.7 Å². The molecule has 2 aromatic carbocycles. The van der Waals surface area contributed by atoms with Crippen molar-refractivity contribution in [3.05, 3.63) is 59.9 Å². The average Bonchev–Trinajstić information content (AvgIpc) is 3.23. The monoisotopic (exact) mass is 422 g/mol. The molecule has 4 rings (SSSR count). The number of hydrogen-bond acceptors (Lipinski definition) is 5. The Morgan fingerprint density at radius 2 is 1.77 bits per heavy atom. The molecule has 1 heterocycles. The summed E-state index contributed by atoms with van der Waals surface area (Å²) in [5, 5.41) is 18.0. The predicted molar refractivity (Wildman–Crippen MR) is 113 cm³/mol. The Kier molecular flexibility index (Phi) is 6.30. The number of carbonyl (C=O) groups excluding carboxylic acids is 2. The van der Waals surface area contributed by atoms with E-state index in [-0.39, 0.29) is 29.9 Å². The third-order valence-electron chi connectivity index (χ3n) is 5.24. The van der Waals surface area contributed by atoms with Crippen LogP contribution in [0.5, 0.6) is 0 Å². The van der Waals surface area contributed by atoms with Gasteiger partial charge in [-0.3, -0.25) is 9.59 Å². The van der Waals surface area contributed by atoms with E-state index in [0.717, 1.165) is 25.7 Å². The summed E-state index contributed by atoms with van der Waals surface area (Å²) in [6, 6.07) is 12.9. The van der Waals surface area contributed by atoms with Crippen LogP contribution in [0.4, 0.5) is 10.1 Å². The average molecular weight is 422 g/mol. The number of halogens is 1. The molecule has 160 valence electrons. The SMILES string of the molecule is O=C(Cn1nnc(-c2ccccc2NC(=O)c2ccccc2F)n1)NC1CCCCC1. The molecule has 3 aromatic rings. The van der Waals surface area contributed by atoms with Crippen LogP contribution in [-0.2, 0) is 11.3 Å². The number of nitrogens with one attached hydrogen (secondary N) is 2. The third-order valence-corrected chi connectivity index (χ3v) is 5.24. The molecule has 2 amide bonds. The fourth-order valence-corrected chi connectivity index (χ4v) is 3.69. The van der Waals surface area contributed by atoms with Crippen molar-refractivity contribution in [2.24, 2.45) is 0 Å². The summed E-state index contributed by atoms with van der Waals surface area (Å²) in [5.74, 6) is -1.08. The second-order valence-corrected chi connectivity index (χ2v) is 7.53. The summed E-state index contributed by atoms with van der Waals surface area (Å²) < 4.78 is 13.9. The second-order valence-electron chi connectivity index (χ2n) is 7.53. The minimum atomic E-state index is -0.606. The lowest BCUT2D eigenvalue weighted by Gasteiger charge is -2.22. The maximum Gasteiger partial charge on any atom is 0.258 e. The van der Waals surface area contributed by atoms with Gasteiger partial charge in [-0.1, -0.05) is 43.5 Å². The highest BCUT2D eigenvalue weighted by Crippen LogP contribution is 2.25. The molecule has 8 nitrogen and oxygen atoms in total. The number of amides is 2. The molecule has 0 spiro atoms.